The Morgan fingerprint density at radius 3 is 3.06 bits per heavy atom. The molecule has 0 spiro atoms. The number of carboxylic acid groups (broad SMARTS) is 1. The van der Waals surface area contributed by atoms with E-state index in [1.165, 1.54) is 4.52 Å². The molecule has 0 aliphatic rings. The van der Waals surface area contributed by atoms with Gasteiger partial charge in [-0.1, -0.05) is 6.92 Å². The van der Waals surface area contributed by atoms with Crippen LogP contribution in [0.15, 0.2) is 12.4 Å². The lowest BCUT2D eigenvalue weighted by molar-refractivity contribution is -0.138. The quantitative estimate of drug-likeness (QED) is 0.741. The lowest BCUT2D eigenvalue weighted by Gasteiger charge is -1.97. The molecule has 0 aliphatic carbocycles. The van der Waals surface area contributed by atoms with E-state index in [0.717, 1.165) is 12.0 Å². The normalized spacial score (nSPS) is 12.9. The first-order valence-electron chi connectivity index (χ1n) is 4.81. The molecule has 7 heteroatoms. The van der Waals surface area contributed by atoms with E-state index < -0.39 is 12.0 Å². The highest BCUT2D eigenvalue weighted by Gasteiger charge is 2.19. The van der Waals surface area contributed by atoms with E-state index in [2.05, 4.69) is 15.1 Å². The van der Waals surface area contributed by atoms with E-state index in [0.29, 0.717) is 5.78 Å². The van der Waals surface area contributed by atoms with Crippen LogP contribution in [0.25, 0.3) is 5.78 Å². The van der Waals surface area contributed by atoms with Gasteiger partial charge in [0.15, 0.2) is 11.9 Å². The Morgan fingerprint density at radius 1 is 1.69 bits per heavy atom. The molecule has 0 bridgehead atoms. The van der Waals surface area contributed by atoms with Crippen LogP contribution < -0.4 is 5.73 Å². The van der Waals surface area contributed by atoms with Gasteiger partial charge in [0, 0.05) is 12.4 Å². The van der Waals surface area contributed by atoms with E-state index in [-0.39, 0.29) is 5.82 Å². The van der Waals surface area contributed by atoms with E-state index in [1.807, 2.05) is 6.92 Å². The third-order valence-corrected chi connectivity index (χ3v) is 2.22. The van der Waals surface area contributed by atoms with Crippen molar-refractivity contribution in [2.75, 3.05) is 0 Å². The van der Waals surface area contributed by atoms with Crippen molar-refractivity contribution >= 4 is 11.7 Å². The first-order valence-corrected chi connectivity index (χ1v) is 4.81. The number of carboxylic acids is 1. The van der Waals surface area contributed by atoms with Gasteiger partial charge >= 0.3 is 5.97 Å². The van der Waals surface area contributed by atoms with Crippen LogP contribution in [0.2, 0.25) is 0 Å². The zero-order chi connectivity index (χ0) is 11.7. The Labute approximate surface area is 90.9 Å². The SMILES string of the molecule is CCc1cnc2nc(C(N)C(=O)O)nn2c1. The van der Waals surface area contributed by atoms with Crippen molar-refractivity contribution < 1.29 is 9.90 Å². The number of aryl methyl sites for hydroxylation is 1. The Morgan fingerprint density at radius 2 is 2.44 bits per heavy atom. The Balaban J connectivity index is 2.47. The van der Waals surface area contributed by atoms with Crippen LogP contribution in [0.1, 0.15) is 24.4 Å². The number of nitrogens with two attached hydrogens (primary N) is 1. The Kier molecular flexibility index (Phi) is 2.53. The van der Waals surface area contributed by atoms with Crippen molar-refractivity contribution in [1.29, 1.82) is 0 Å². The zero-order valence-corrected chi connectivity index (χ0v) is 8.66. The van der Waals surface area contributed by atoms with Gasteiger partial charge in [-0.05, 0) is 12.0 Å². The fraction of sp³-hybridized carbons (Fsp3) is 0.333. The molecule has 3 N–H and O–H groups in total. The van der Waals surface area contributed by atoms with Crippen molar-refractivity contribution in [3.63, 3.8) is 0 Å². The predicted molar refractivity (Wildman–Crippen MR) is 54.7 cm³/mol. The van der Waals surface area contributed by atoms with Crippen LogP contribution in [-0.2, 0) is 11.2 Å². The average Bonchev–Trinajstić information content (AvgIpc) is 2.69. The van der Waals surface area contributed by atoms with E-state index in [4.69, 9.17) is 10.8 Å². The number of fused-ring (bicyclic) bond motifs is 1. The van der Waals surface area contributed by atoms with Gasteiger partial charge in [-0.2, -0.15) is 4.98 Å². The molecule has 0 fully saturated rings. The molecular weight excluding hydrogens is 210 g/mol. The Hall–Kier alpha value is -2.02. The smallest absolute Gasteiger partial charge is 0.328 e. The first kappa shape index (κ1) is 10.5. The van der Waals surface area contributed by atoms with Crippen LogP contribution in [0.3, 0.4) is 0 Å². The number of carbonyl (C=O) groups is 1. The summed E-state index contributed by atoms with van der Waals surface area (Å²) in [5.41, 5.74) is 6.40. The summed E-state index contributed by atoms with van der Waals surface area (Å²) in [6, 6.07) is -1.22. The van der Waals surface area contributed by atoms with Gasteiger partial charge < -0.3 is 10.8 Å². The maximum Gasteiger partial charge on any atom is 0.328 e. The third kappa shape index (κ3) is 1.72. The summed E-state index contributed by atoms with van der Waals surface area (Å²) in [5.74, 6) is -0.747. The standard InChI is InChI=1S/C9H11N5O2/c1-2-5-3-11-9-12-7(6(10)8(15)16)13-14(9)4-5/h3-4,6H,2,10H2,1H3,(H,15,16). The molecule has 16 heavy (non-hydrogen) atoms. The first-order chi connectivity index (χ1) is 7.61. The molecule has 2 rings (SSSR count). The monoisotopic (exact) mass is 221 g/mol. The van der Waals surface area contributed by atoms with E-state index in [9.17, 15) is 4.79 Å². The van der Waals surface area contributed by atoms with Crippen molar-refractivity contribution in [2.24, 2.45) is 5.73 Å². The van der Waals surface area contributed by atoms with Crippen LogP contribution in [0.4, 0.5) is 0 Å². The molecule has 2 aromatic heterocycles. The summed E-state index contributed by atoms with van der Waals surface area (Å²) >= 11 is 0. The molecule has 0 amide bonds. The largest absolute Gasteiger partial charge is 0.480 e. The number of hydrogen-bond acceptors (Lipinski definition) is 5. The van der Waals surface area contributed by atoms with Gasteiger partial charge in [-0.15, -0.1) is 5.10 Å². The van der Waals surface area contributed by atoms with Gasteiger partial charge in [0.25, 0.3) is 5.78 Å². The maximum absolute atomic E-state index is 10.7. The molecule has 0 saturated heterocycles. The third-order valence-electron chi connectivity index (χ3n) is 2.22. The summed E-state index contributed by atoms with van der Waals surface area (Å²) < 4.78 is 1.44. The van der Waals surface area contributed by atoms with Crippen LogP contribution in [0.5, 0.6) is 0 Å². The van der Waals surface area contributed by atoms with Crippen LogP contribution in [0, 0.1) is 0 Å². The van der Waals surface area contributed by atoms with Gasteiger partial charge in [0.2, 0.25) is 0 Å². The molecule has 1 unspecified atom stereocenters. The lowest BCUT2D eigenvalue weighted by atomic mass is 10.3. The average molecular weight is 221 g/mol. The number of aromatic nitrogens is 4. The van der Waals surface area contributed by atoms with Crippen molar-refractivity contribution in [3.8, 4) is 0 Å². The highest BCUT2D eigenvalue weighted by Crippen LogP contribution is 2.07. The number of aliphatic carboxylic acids is 1. The van der Waals surface area contributed by atoms with Crippen molar-refractivity contribution in [3.05, 3.63) is 23.8 Å². The molecule has 0 aromatic carbocycles. The minimum atomic E-state index is -1.22. The Bertz CT molecular complexity index is 536. The molecule has 84 valence electrons. The maximum atomic E-state index is 10.7. The molecule has 0 saturated carbocycles. The lowest BCUT2D eigenvalue weighted by Crippen LogP contribution is -2.22. The molecule has 0 radical (unpaired) electrons. The van der Waals surface area contributed by atoms with E-state index >= 15 is 0 Å². The molecular formula is C9H11N5O2. The van der Waals surface area contributed by atoms with Crippen molar-refractivity contribution in [2.45, 2.75) is 19.4 Å². The number of nitrogens with zero attached hydrogens (tertiary/aromatic N) is 4. The fourth-order valence-corrected chi connectivity index (χ4v) is 1.26. The minimum Gasteiger partial charge on any atom is -0.480 e. The van der Waals surface area contributed by atoms with Gasteiger partial charge in [-0.3, -0.25) is 4.79 Å². The van der Waals surface area contributed by atoms with Gasteiger partial charge in [0.1, 0.15) is 0 Å². The molecule has 0 aliphatic heterocycles. The summed E-state index contributed by atoms with van der Waals surface area (Å²) in [4.78, 5) is 18.7. The van der Waals surface area contributed by atoms with E-state index in [1.54, 1.807) is 12.4 Å². The van der Waals surface area contributed by atoms with Crippen LogP contribution in [-0.4, -0.2) is 30.7 Å². The topological polar surface area (TPSA) is 106 Å². The second-order valence-electron chi connectivity index (χ2n) is 3.35. The predicted octanol–water partition coefficient (Wildman–Crippen LogP) is -0.229. The summed E-state index contributed by atoms with van der Waals surface area (Å²) in [7, 11) is 0. The van der Waals surface area contributed by atoms with Crippen LogP contribution >= 0.6 is 0 Å². The number of rotatable bonds is 3. The second-order valence-corrected chi connectivity index (χ2v) is 3.35. The molecule has 2 heterocycles. The molecule has 2 aromatic rings. The summed E-state index contributed by atoms with van der Waals surface area (Å²) in [6.07, 6.45) is 4.26. The minimum absolute atomic E-state index is 0.0632. The van der Waals surface area contributed by atoms with Gasteiger partial charge in [-0.25, -0.2) is 9.50 Å². The summed E-state index contributed by atoms with van der Waals surface area (Å²) in [5, 5.41) is 12.7. The van der Waals surface area contributed by atoms with Crippen molar-refractivity contribution in [1.82, 2.24) is 19.6 Å². The zero-order valence-electron chi connectivity index (χ0n) is 8.66. The highest BCUT2D eigenvalue weighted by atomic mass is 16.4. The number of hydrogen-bond donors (Lipinski definition) is 2. The second kappa shape index (κ2) is 3.86. The summed E-state index contributed by atoms with van der Waals surface area (Å²) in [6.45, 7) is 1.99. The molecule has 1 atom stereocenters. The molecule has 7 nitrogen and oxygen atoms in total. The van der Waals surface area contributed by atoms with Gasteiger partial charge in [0.05, 0.1) is 0 Å². The highest BCUT2D eigenvalue weighted by molar-refractivity contribution is 5.74. The fourth-order valence-electron chi connectivity index (χ4n) is 1.26.